The SMILES string of the molecule is COC1CCCC1Nc1cnc(C#N)cn1. The minimum atomic E-state index is 0.248. The third-order valence-electron chi connectivity index (χ3n) is 2.85. The summed E-state index contributed by atoms with van der Waals surface area (Å²) < 4.78 is 5.38. The number of aromatic nitrogens is 2. The first-order valence-corrected chi connectivity index (χ1v) is 5.35. The minimum absolute atomic E-state index is 0.248. The molecular weight excluding hydrogens is 204 g/mol. The van der Waals surface area contributed by atoms with Gasteiger partial charge in [0.2, 0.25) is 0 Å². The van der Waals surface area contributed by atoms with E-state index >= 15 is 0 Å². The highest BCUT2D eigenvalue weighted by atomic mass is 16.5. The van der Waals surface area contributed by atoms with Gasteiger partial charge in [0.25, 0.3) is 0 Å². The molecular formula is C11H14N4O. The van der Waals surface area contributed by atoms with Crippen LogP contribution >= 0.6 is 0 Å². The summed E-state index contributed by atoms with van der Waals surface area (Å²) in [5.41, 5.74) is 0.334. The van der Waals surface area contributed by atoms with Crippen molar-refractivity contribution in [2.24, 2.45) is 0 Å². The molecule has 16 heavy (non-hydrogen) atoms. The lowest BCUT2D eigenvalue weighted by Gasteiger charge is -2.19. The number of hydrogen-bond acceptors (Lipinski definition) is 5. The molecule has 2 atom stereocenters. The minimum Gasteiger partial charge on any atom is -0.379 e. The molecule has 0 bridgehead atoms. The van der Waals surface area contributed by atoms with Crippen LogP contribution in [-0.2, 0) is 4.74 Å². The number of nitrogens with one attached hydrogen (secondary N) is 1. The van der Waals surface area contributed by atoms with Gasteiger partial charge in [-0.05, 0) is 19.3 Å². The quantitative estimate of drug-likeness (QED) is 0.828. The molecule has 0 aliphatic heterocycles. The summed E-state index contributed by atoms with van der Waals surface area (Å²) in [6.45, 7) is 0. The zero-order chi connectivity index (χ0) is 11.4. The maximum absolute atomic E-state index is 8.60. The van der Waals surface area contributed by atoms with Crippen LogP contribution in [0, 0.1) is 11.3 Å². The number of nitriles is 1. The fourth-order valence-corrected chi connectivity index (χ4v) is 2.02. The predicted octanol–water partition coefficient (Wildman–Crippen LogP) is 1.33. The zero-order valence-electron chi connectivity index (χ0n) is 9.18. The van der Waals surface area contributed by atoms with Crippen molar-refractivity contribution in [2.75, 3.05) is 12.4 Å². The first-order chi connectivity index (χ1) is 7.83. The van der Waals surface area contributed by atoms with Gasteiger partial charge in [0.1, 0.15) is 11.9 Å². The predicted molar refractivity (Wildman–Crippen MR) is 58.8 cm³/mol. The smallest absolute Gasteiger partial charge is 0.158 e. The molecule has 1 aromatic heterocycles. The monoisotopic (exact) mass is 218 g/mol. The van der Waals surface area contributed by atoms with E-state index in [9.17, 15) is 0 Å². The fourth-order valence-electron chi connectivity index (χ4n) is 2.02. The van der Waals surface area contributed by atoms with Crippen molar-refractivity contribution in [3.63, 3.8) is 0 Å². The summed E-state index contributed by atoms with van der Waals surface area (Å²) >= 11 is 0. The van der Waals surface area contributed by atoms with E-state index in [1.807, 2.05) is 6.07 Å². The van der Waals surface area contributed by atoms with Crippen molar-refractivity contribution in [1.29, 1.82) is 5.26 Å². The Labute approximate surface area is 94.5 Å². The first kappa shape index (κ1) is 10.8. The highest BCUT2D eigenvalue weighted by molar-refractivity contribution is 5.35. The second-order valence-electron chi connectivity index (χ2n) is 3.85. The summed E-state index contributed by atoms with van der Waals surface area (Å²) in [5.74, 6) is 0.702. The van der Waals surface area contributed by atoms with Crippen LogP contribution in [0.1, 0.15) is 25.0 Å². The molecule has 1 fully saturated rings. The molecule has 1 aromatic rings. The van der Waals surface area contributed by atoms with Gasteiger partial charge in [-0.15, -0.1) is 0 Å². The average Bonchev–Trinajstić information content (AvgIpc) is 2.77. The molecule has 1 heterocycles. The van der Waals surface area contributed by atoms with Crippen LogP contribution in [0.4, 0.5) is 5.82 Å². The number of anilines is 1. The van der Waals surface area contributed by atoms with Crippen LogP contribution < -0.4 is 5.32 Å². The Hall–Kier alpha value is -1.67. The molecule has 5 heteroatoms. The normalized spacial score (nSPS) is 24.0. The summed E-state index contributed by atoms with van der Waals surface area (Å²) in [7, 11) is 1.73. The molecule has 0 saturated heterocycles. The summed E-state index contributed by atoms with van der Waals surface area (Å²) in [6.07, 6.45) is 6.64. The van der Waals surface area contributed by atoms with Gasteiger partial charge < -0.3 is 10.1 Å². The van der Waals surface area contributed by atoms with Gasteiger partial charge in [-0.2, -0.15) is 5.26 Å². The second-order valence-corrected chi connectivity index (χ2v) is 3.85. The molecule has 1 N–H and O–H groups in total. The summed E-state index contributed by atoms with van der Waals surface area (Å²) in [4.78, 5) is 8.09. The van der Waals surface area contributed by atoms with E-state index in [2.05, 4.69) is 15.3 Å². The Morgan fingerprint density at radius 2 is 2.31 bits per heavy atom. The van der Waals surface area contributed by atoms with Gasteiger partial charge in [-0.3, -0.25) is 0 Å². The standard InChI is InChI=1S/C11H14N4O/c1-16-10-4-2-3-9(10)15-11-7-13-8(5-12)6-14-11/h6-7,9-10H,2-4H2,1H3,(H,14,15). The van der Waals surface area contributed by atoms with E-state index in [4.69, 9.17) is 10.00 Å². The Balaban J connectivity index is 2.00. The van der Waals surface area contributed by atoms with Crippen LogP contribution in [0.5, 0.6) is 0 Å². The average molecular weight is 218 g/mol. The highest BCUT2D eigenvalue weighted by Crippen LogP contribution is 2.24. The van der Waals surface area contributed by atoms with E-state index in [-0.39, 0.29) is 6.10 Å². The Bertz CT molecular complexity index is 384. The molecule has 2 rings (SSSR count). The van der Waals surface area contributed by atoms with Crippen molar-refractivity contribution in [2.45, 2.75) is 31.4 Å². The van der Waals surface area contributed by atoms with E-state index < -0.39 is 0 Å². The molecule has 5 nitrogen and oxygen atoms in total. The van der Waals surface area contributed by atoms with E-state index in [1.54, 1.807) is 13.3 Å². The van der Waals surface area contributed by atoms with Crippen LogP contribution in [-0.4, -0.2) is 29.2 Å². The van der Waals surface area contributed by atoms with Crippen LogP contribution in [0.3, 0.4) is 0 Å². The topological polar surface area (TPSA) is 70.8 Å². The van der Waals surface area contributed by atoms with Gasteiger partial charge in [-0.25, -0.2) is 9.97 Å². The molecule has 84 valence electrons. The van der Waals surface area contributed by atoms with E-state index in [0.717, 1.165) is 12.8 Å². The number of methoxy groups -OCH3 is 1. The van der Waals surface area contributed by atoms with Crippen molar-refractivity contribution in [3.05, 3.63) is 18.1 Å². The van der Waals surface area contributed by atoms with Gasteiger partial charge >= 0.3 is 0 Å². The molecule has 1 aliphatic carbocycles. The van der Waals surface area contributed by atoms with Crippen molar-refractivity contribution in [1.82, 2.24) is 9.97 Å². The van der Waals surface area contributed by atoms with E-state index in [0.29, 0.717) is 17.6 Å². The maximum Gasteiger partial charge on any atom is 0.158 e. The number of rotatable bonds is 3. The lowest BCUT2D eigenvalue weighted by molar-refractivity contribution is 0.101. The molecule has 1 saturated carbocycles. The lowest BCUT2D eigenvalue weighted by Crippen LogP contribution is -2.30. The highest BCUT2D eigenvalue weighted by Gasteiger charge is 2.27. The van der Waals surface area contributed by atoms with Crippen LogP contribution in [0.25, 0.3) is 0 Å². The van der Waals surface area contributed by atoms with Crippen LogP contribution in [0.2, 0.25) is 0 Å². The fraction of sp³-hybridized carbons (Fsp3) is 0.545. The molecule has 0 spiro atoms. The second kappa shape index (κ2) is 4.90. The molecule has 1 aliphatic rings. The molecule has 0 amide bonds. The number of hydrogen-bond donors (Lipinski definition) is 1. The van der Waals surface area contributed by atoms with Crippen molar-refractivity contribution >= 4 is 5.82 Å². The third kappa shape index (κ3) is 2.28. The number of ether oxygens (including phenoxy) is 1. The first-order valence-electron chi connectivity index (χ1n) is 5.35. The number of nitrogens with zero attached hydrogens (tertiary/aromatic N) is 3. The zero-order valence-corrected chi connectivity index (χ0v) is 9.18. The molecule has 0 radical (unpaired) electrons. The largest absolute Gasteiger partial charge is 0.379 e. The Kier molecular flexibility index (Phi) is 3.32. The Morgan fingerprint density at radius 1 is 1.44 bits per heavy atom. The molecule has 2 unspecified atom stereocenters. The van der Waals surface area contributed by atoms with Crippen molar-refractivity contribution in [3.8, 4) is 6.07 Å². The van der Waals surface area contributed by atoms with Crippen LogP contribution in [0.15, 0.2) is 12.4 Å². The molecule has 0 aromatic carbocycles. The van der Waals surface area contributed by atoms with Gasteiger partial charge in [0, 0.05) is 7.11 Å². The van der Waals surface area contributed by atoms with E-state index in [1.165, 1.54) is 12.6 Å². The van der Waals surface area contributed by atoms with Gasteiger partial charge in [0.15, 0.2) is 5.69 Å². The maximum atomic E-state index is 8.60. The van der Waals surface area contributed by atoms with Gasteiger partial charge in [0.05, 0.1) is 24.5 Å². The Morgan fingerprint density at radius 3 is 2.94 bits per heavy atom. The lowest BCUT2D eigenvalue weighted by atomic mass is 10.2. The van der Waals surface area contributed by atoms with Gasteiger partial charge in [-0.1, -0.05) is 0 Å². The van der Waals surface area contributed by atoms with Crippen molar-refractivity contribution < 1.29 is 4.74 Å². The third-order valence-corrected chi connectivity index (χ3v) is 2.85. The summed E-state index contributed by atoms with van der Waals surface area (Å²) in [5, 5.41) is 11.9. The summed E-state index contributed by atoms with van der Waals surface area (Å²) in [6, 6.07) is 2.24.